The Morgan fingerprint density at radius 1 is 1.04 bits per heavy atom. The lowest BCUT2D eigenvalue weighted by atomic mass is 9.91. The Morgan fingerprint density at radius 2 is 1.75 bits per heavy atom. The molecule has 144 valence electrons. The summed E-state index contributed by atoms with van der Waals surface area (Å²) in [6, 6.07) is 17.0. The lowest BCUT2D eigenvalue weighted by Crippen LogP contribution is -2.69. The molecular formula is C22H21ClN2O3. The molecule has 28 heavy (non-hydrogen) atoms. The topological polar surface area (TPSA) is 49.9 Å². The summed E-state index contributed by atoms with van der Waals surface area (Å²) in [4.78, 5) is 29.9. The van der Waals surface area contributed by atoms with Gasteiger partial charge in [-0.15, -0.1) is 0 Å². The number of piperazine rings is 1. The Kier molecular flexibility index (Phi) is 4.18. The van der Waals surface area contributed by atoms with Crippen LogP contribution in [0, 0.1) is 0 Å². The fourth-order valence-corrected chi connectivity index (χ4v) is 4.80. The summed E-state index contributed by atoms with van der Waals surface area (Å²) in [5, 5.41) is 0.669. The lowest BCUT2D eigenvalue weighted by Gasteiger charge is -2.51. The van der Waals surface area contributed by atoms with Crippen molar-refractivity contribution in [2.24, 2.45) is 0 Å². The number of ether oxygens (including phenoxy) is 1. The third kappa shape index (κ3) is 2.81. The zero-order chi connectivity index (χ0) is 19.3. The Labute approximate surface area is 168 Å². The second-order valence-corrected chi connectivity index (χ2v) is 8.28. The maximum absolute atomic E-state index is 13.2. The normalized spacial score (nSPS) is 26.1. The van der Waals surface area contributed by atoms with Crippen LogP contribution in [-0.4, -0.2) is 46.4 Å². The molecule has 1 saturated carbocycles. The van der Waals surface area contributed by atoms with E-state index in [-0.39, 0.29) is 24.5 Å². The van der Waals surface area contributed by atoms with E-state index in [1.54, 1.807) is 0 Å². The van der Waals surface area contributed by atoms with Gasteiger partial charge in [0.1, 0.15) is 12.6 Å². The van der Waals surface area contributed by atoms with Crippen LogP contribution in [0.2, 0.25) is 5.02 Å². The standard InChI is InChI=1S/C22H21ClN2O3/c23-17-8-6-15(7-9-17)12-25-19(26)13-24-18(16-4-2-1-3-5-16)14-28-21(27)20(24)22(25)10-11-22/h1-9,18,20H,10-14H2/t18-,20?/m1/s1. The maximum Gasteiger partial charge on any atom is 0.325 e. The van der Waals surface area contributed by atoms with Gasteiger partial charge in [0.05, 0.1) is 18.1 Å². The molecular weight excluding hydrogens is 376 g/mol. The summed E-state index contributed by atoms with van der Waals surface area (Å²) in [7, 11) is 0. The lowest BCUT2D eigenvalue weighted by molar-refractivity contribution is -0.180. The molecule has 0 radical (unpaired) electrons. The highest BCUT2D eigenvalue weighted by molar-refractivity contribution is 6.30. The SMILES string of the molecule is O=C1OC[C@H](c2ccccc2)N2CC(=O)N(Cc3ccc(Cl)cc3)C3(CC3)C12. The number of hydrogen-bond donors (Lipinski definition) is 0. The van der Waals surface area contributed by atoms with Crippen LogP contribution in [-0.2, 0) is 20.9 Å². The van der Waals surface area contributed by atoms with Crippen LogP contribution in [0.25, 0.3) is 0 Å². The number of cyclic esters (lactones) is 1. The first-order valence-corrected chi connectivity index (χ1v) is 9.98. The maximum atomic E-state index is 13.2. The Balaban J connectivity index is 1.47. The summed E-state index contributed by atoms with van der Waals surface area (Å²) in [6.07, 6.45) is 1.65. The number of carbonyl (C=O) groups excluding carboxylic acids is 2. The van der Waals surface area contributed by atoms with Gasteiger partial charge in [0.2, 0.25) is 5.91 Å². The second-order valence-electron chi connectivity index (χ2n) is 7.84. The fourth-order valence-electron chi connectivity index (χ4n) is 4.67. The van der Waals surface area contributed by atoms with Crippen molar-refractivity contribution in [3.63, 3.8) is 0 Å². The number of fused-ring (bicyclic) bond motifs is 2. The van der Waals surface area contributed by atoms with E-state index in [1.807, 2.05) is 59.5 Å². The third-order valence-corrected chi connectivity index (χ3v) is 6.46. The number of benzene rings is 2. The summed E-state index contributed by atoms with van der Waals surface area (Å²) >= 11 is 5.99. The predicted molar refractivity (Wildman–Crippen MR) is 105 cm³/mol. The van der Waals surface area contributed by atoms with E-state index >= 15 is 0 Å². The van der Waals surface area contributed by atoms with Crippen LogP contribution in [0.5, 0.6) is 0 Å². The highest BCUT2D eigenvalue weighted by atomic mass is 35.5. The molecule has 0 bridgehead atoms. The molecule has 3 fully saturated rings. The first kappa shape index (κ1) is 17.7. The van der Waals surface area contributed by atoms with Crippen molar-refractivity contribution in [3.8, 4) is 0 Å². The quantitative estimate of drug-likeness (QED) is 0.748. The zero-order valence-corrected chi connectivity index (χ0v) is 16.1. The molecule has 1 unspecified atom stereocenters. The van der Waals surface area contributed by atoms with Crippen LogP contribution in [0.1, 0.15) is 30.0 Å². The minimum atomic E-state index is -0.459. The number of hydrogen-bond acceptors (Lipinski definition) is 4. The van der Waals surface area contributed by atoms with E-state index < -0.39 is 11.6 Å². The molecule has 1 amide bonds. The van der Waals surface area contributed by atoms with E-state index in [9.17, 15) is 9.59 Å². The highest BCUT2D eigenvalue weighted by Gasteiger charge is 2.65. The summed E-state index contributed by atoms with van der Waals surface area (Å²) in [5.74, 6) is -0.141. The van der Waals surface area contributed by atoms with Crippen molar-refractivity contribution in [1.82, 2.24) is 9.80 Å². The largest absolute Gasteiger partial charge is 0.462 e. The number of nitrogens with zero attached hydrogens (tertiary/aromatic N) is 2. The first-order chi connectivity index (χ1) is 13.6. The minimum Gasteiger partial charge on any atom is -0.462 e. The van der Waals surface area contributed by atoms with Crippen molar-refractivity contribution in [2.75, 3.05) is 13.2 Å². The molecule has 5 rings (SSSR count). The van der Waals surface area contributed by atoms with Crippen LogP contribution in [0.3, 0.4) is 0 Å². The molecule has 0 N–H and O–H groups in total. The van der Waals surface area contributed by atoms with Gasteiger partial charge in [0.15, 0.2) is 0 Å². The van der Waals surface area contributed by atoms with Crippen LogP contribution >= 0.6 is 11.6 Å². The smallest absolute Gasteiger partial charge is 0.325 e. The zero-order valence-electron chi connectivity index (χ0n) is 15.4. The summed E-state index contributed by atoms with van der Waals surface area (Å²) in [5.41, 5.74) is 1.63. The number of carbonyl (C=O) groups is 2. The van der Waals surface area contributed by atoms with Crippen LogP contribution < -0.4 is 0 Å². The molecule has 6 heteroatoms. The predicted octanol–water partition coefficient (Wildman–Crippen LogP) is 3.18. The van der Waals surface area contributed by atoms with Gasteiger partial charge in [-0.3, -0.25) is 14.5 Å². The Bertz CT molecular complexity index is 911. The molecule has 2 aromatic carbocycles. The van der Waals surface area contributed by atoms with E-state index in [4.69, 9.17) is 16.3 Å². The second kappa shape index (κ2) is 6.61. The van der Waals surface area contributed by atoms with Gasteiger partial charge in [-0.2, -0.15) is 0 Å². The van der Waals surface area contributed by atoms with E-state index in [0.717, 1.165) is 24.0 Å². The molecule has 1 spiro atoms. The molecule has 2 aliphatic heterocycles. The molecule has 2 saturated heterocycles. The van der Waals surface area contributed by atoms with E-state index in [2.05, 4.69) is 4.90 Å². The number of halogens is 1. The highest BCUT2D eigenvalue weighted by Crippen LogP contribution is 2.52. The minimum absolute atomic E-state index is 0.0688. The molecule has 0 aromatic heterocycles. The van der Waals surface area contributed by atoms with Crippen LogP contribution in [0.4, 0.5) is 0 Å². The van der Waals surface area contributed by atoms with Gasteiger partial charge in [-0.05, 0) is 36.1 Å². The van der Waals surface area contributed by atoms with E-state index in [0.29, 0.717) is 18.2 Å². The van der Waals surface area contributed by atoms with Crippen molar-refractivity contribution < 1.29 is 14.3 Å². The summed E-state index contributed by atoms with van der Waals surface area (Å²) < 4.78 is 5.60. The molecule has 3 aliphatic rings. The van der Waals surface area contributed by atoms with Crippen LogP contribution in [0.15, 0.2) is 54.6 Å². The van der Waals surface area contributed by atoms with Gasteiger partial charge >= 0.3 is 5.97 Å². The van der Waals surface area contributed by atoms with Crippen molar-refractivity contribution >= 4 is 23.5 Å². The number of rotatable bonds is 3. The van der Waals surface area contributed by atoms with Crippen molar-refractivity contribution in [3.05, 3.63) is 70.7 Å². The molecule has 1 aliphatic carbocycles. The number of esters is 1. The third-order valence-electron chi connectivity index (χ3n) is 6.20. The van der Waals surface area contributed by atoms with Gasteiger partial charge in [-0.25, -0.2) is 0 Å². The molecule has 2 atom stereocenters. The first-order valence-electron chi connectivity index (χ1n) is 9.61. The molecule has 2 heterocycles. The number of amides is 1. The molecule has 2 aromatic rings. The summed E-state index contributed by atoms with van der Waals surface area (Å²) in [6.45, 7) is 1.01. The fraction of sp³-hybridized carbons (Fsp3) is 0.364. The number of morpholine rings is 1. The Hall–Kier alpha value is -2.37. The average Bonchev–Trinajstić information content (AvgIpc) is 3.48. The molecule has 5 nitrogen and oxygen atoms in total. The monoisotopic (exact) mass is 396 g/mol. The van der Waals surface area contributed by atoms with Gasteiger partial charge < -0.3 is 9.64 Å². The van der Waals surface area contributed by atoms with E-state index in [1.165, 1.54) is 0 Å². The van der Waals surface area contributed by atoms with Crippen molar-refractivity contribution in [1.29, 1.82) is 0 Å². The van der Waals surface area contributed by atoms with Gasteiger partial charge in [0, 0.05) is 11.6 Å². The Morgan fingerprint density at radius 3 is 2.43 bits per heavy atom. The van der Waals surface area contributed by atoms with Gasteiger partial charge in [0.25, 0.3) is 0 Å². The average molecular weight is 397 g/mol. The van der Waals surface area contributed by atoms with Crippen molar-refractivity contribution in [2.45, 2.75) is 37.0 Å². The van der Waals surface area contributed by atoms with Gasteiger partial charge in [-0.1, -0.05) is 54.1 Å².